The quantitative estimate of drug-likeness (QED) is 0.805. The highest BCUT2D eigenvalue weighted by Crippen LogP contribution is 2.13. The Kier molecular flexibility index (Phi) is 4.24. The van der Waals surface area contributed by atoms with Crippen molar-refractivity contribution in [1.82, 2.24) is 10.3 Å². The maximum absolute atomic E-state index is 12.3. The van der Waals surface area contributed by atoms with Crippen molar-refractivity contribution < 1.29 is 4.79 Å². The van der Waals surface area contributed by atoms with E-state index in [1.54, 1.807) is 6.07 Å². The molecule has 23 heavy (non-hydrogen) atoms. The Morgan fingerprint density at radius 1 is 1.00 bits per heavy atom. The lowest BCUT2D eigenvalue weighted by Crippen LogP contribution is -2.23. The van der Waals surface area contributed by atoms with Crippen LogP contribution < -0.4 is 10.2 Å². The molecule has 2 aromatic carbocycles. The highest BCUT2D eigenvalue weighted by Gasteiger charge is 2.08. The molecular formula is C19H19N3O. The average molecular weight is 305 g/mol. The van der Waals surface area contributed by atoms with Crippen molar-refractivity contribution in [2.45, 2.75) is 6.54 Å². The number of fused-ring (bicyclic) bond motifs is 1. The van der Waals surface area contributed by atoms with E-state index in [0.717, 1.165) is 22.2 Å². The number of anilines is 1. The van der Waals surface area contributed by atoms with Crippen molar-refractivity contribution in [1.29, 1.82) is 0 Å². The second-order valence-electron chi connectivity index (χ2n) is 5.63. The molecule has 116 valence electrons. The summed E-state index contributed by atoms with van der Waals surface area (Å²) in [5, 5.41) is 3.94. The SMILES string of the molecule is CN(C)c1ccc(CNC(=O)c2ccc3ccccc3n2)cc1. The van der Waals surface area contributed by atoms with Crippen LogP contribution in [0.5, 0.6) is 0 Å². The number of aromatic nitrogens is 1. The van der Waals surface area contributed by atoms with Gasteiger partial charge >= 0.3 is 0 Å². The first kappa shape index (κ1) is 15.0. The minimum absolute atomic E-state index is 0.160. The first-order chi connectivity index (χ1) is 11.1. The Bertz CT molecular complexity index is 825. The molecule has 4 nitrogen and oxygen atoms in total. The second-order valence-corrected chi connectivity index (χ2v) is 5.63. The monoisotopic (exact) mass is 305 g/mol. The van der Waals surface area contributed by atoms with Crippen molar-refractivity contribution in [2.24, 2.45) is 0 Å². The Hall–Kier alpha value is -2.88. The summed E-state index contributed by atoms with van der Waals surface area (Å²) in [5.41, 5.74) is 3.46. The van der Waals surface area contributed by atoms with Crippen molar-refractivity contribution in [3.8, 4) is 0 Å². The zero-order valence-electron chi connectivity index (χ0n) is 13.3. The molecule has 3 aromatic rings. The molecule has 0 aliphatic rings. The van der Waals surface area contributed by atoms with Crippen molar-refractivity contribution in [3.05, 3.63) is 71.9 Å². The Morgan fingerprint density at radius 3 is 2.48 bits per heavy atom. The lowest BCUT2D eigenvalue weighted by atomic mass is 10.2. The van der Waals surface area contributed by atoms with E-state index in [1.165, 1.54) is 0 Å². The average Bonchev–Trinajstić information content (AvgIpc) is 2.59. The van der Waals surface area contributed by atoms with Gasteiger partial charge < -0.3 is 10.2 Å². The maximum Gasteiger partial charge on any atom is 0.270 e. The van der Waals surface area contributed by atoms with Gasteiger partial charge in [-0.25, -0.2) is 4.98 Å². The lowest BCUT2D eigenvalue weighted by molar-refractivity contribution is 0.0946. The van der Waals surface area contributed by atoms with Crippen LogP contribution in [0.15, 0.2) is 60.7 Å². The van der Waals surface area contributed by atoms with Crippen LogP contribution in [0.1, 0.15) is 16.1 Å². The second kappa shape index (κ2) is 6.48. The summed E-state index contributed by atoms with van der Waals surface area (Å²) in [6.07, 6.45) is 0. The van der Waals surface area contributed by atoms with E-state index in [4.69, 9.17) is 0 Å². The number of pyridine rings is 1. The number of hydrogen-bond acceptors (Lipinski definition) is 3. The van der Waals surface area contributed by atoms with Crippen LogP contribution in [0.25, 0.3) is 10.9 Å². The van der Waals surface area contributed by atoms with Crippen molar-refractivity contribution in [3.63, 3.8) is 0 Å². The number of para-hydroxylation sites is 1. The molecule has 0 aliphatic carbocycles. The molecular weight excluding hydrogens is 286 g/mol. The number of benzene rings is 2. The molecule has 1 heterocycles. The van der Waals surface area contributed by atoms with Gasteiger partial charge in [0.2, 0.25) is 0 Å². The van der Waals surface area contributed by atoms with Gasteiger partial charge in [-0.05, 0) is 29.8 Å². The Balaban J connectivity index is 1.68. The van der Waals surface area contributed by atoms with E-state index in [0.29, 0.717) is 12.2 Å². The van der Waals surface area contributed by atoms with E-state index in [2.05, 4.69) is 10.3 Å². The smallest absolute Gasteiger partial charge is 0.270 e. The number of hydrogen-bond donors (Lipinski definition) is 1. The summed E-state index contributed by atoms with van der Waals surface area (Å²) in [5.74, 6) is -0.160. The molecule has 0 unspecified atom stereocenters. The van der Waals surface area contributed by atoms with Crippen LogP contribution in [0.4, 0.5) is 5.69 Å². The van der Waals surface area contributed by atoms with Crippen molar-refractivity contribution in [2.75, 3.05) is 19.0 Å². The van der Waals surface area contributed by atoms with Gasteiger partial charge in [-0.1, -0.05) is 36.4 Å². The Labute approximate surface area is 135 Å². The number of carbonyl (C=O) groups is 1. The normalized spacial score (nSPS) is 10.5. The number of rotatable bonds is 4. The molecule has 0 spiro atoms. The van der Waals surface area contributed by atoms with Gasteiger partial charge in [-0.15, -0.1) is 0 Å². The van der Waals surface area contributed by atoms with Crippen LogP contribution in [0, 0.1) is 0 Å². The minimum atomic E-state index is -0.160. The maximum atomic E-state index is 12.3. The third kappa shape index (κ3) is 3.48. The molecule has 1 N–H and O–H groups in total. The predicted molar refractivity (Wildman–Crippen MR) is 93.7 cm³/mol. The van der Waals surface area contributed by atoms with E-state index >= 15 is 0 Å². The molecule has 0 atom stereocenters. The minimum Gasteiger partial charge on any atom is -0.378 e. The highest BCUT2D eigenvalue weighted by atomic mass is 16.1. The molecule has 0 saturated carbocycles. The van der Waals surface area contributed by atoms with E-state index < -0.39 is 0 Å². The summed E-state index contributed by atoms with van der Waals surface area (Å²) in [4.78, 5) is 18.7. The molecule has 4 heteroatoms. The standard InChI is InChI=1S/C19H19N3O/c1-22(2)16-10-7-14(8-11-16)13-20-19(23)18-12-9-15-5-3-4-6-17(15)21-18/h3-12H,13H2,1-2H3,(H,20,23). The van der Waals surface area contributed by atoms with Gasteiger partial charge in [-0.3, -0.25) is 4.79 Å². The Morgan fingerprint density at radius 2 is 1.74 bits per heavy atom. The zero-order chi connectivity index (χ0) is 16.2. The topological polar surface area (TPSA) is 45.2 Å². The number of nitrogens with zero attached hydrogens (tertiary/aromatic N) is 2. The summed E-state index contributed by atoms with van der Waals surface area (Å²) < 4.78 is 0. The van der Waals surface area contributed by atoms with Gasteiger partial charge in [0.1, 0.15) is 5.69 Å². The molecule has 3 rings (SSSR count). The highest BCUT2D eigenvalue weighted by molar-refractivity contribution is 5.94. The first-order valence-electron chi connectivity index (χ1n) is 7.54. The molecule has 0 bridgehead atoms. The molecule has 1 amide bonds. The molecule has 0 saturated heterocycles. The molecule has 1 aromatic heterocycles. The summed E-state index contributed by atoms with van der Waals surface area (Å²) in [6.45, 7) is 0.487. The van der Waals surface area contributed by atoms with Crippen molar-refractivity contribution >= 4 is 22.5 Å². The van der Waals surface area contributed by atoms with Crippen LogP contribution in [-0.4, -0.2) is 25.0 Å². The summed E-state index contributed by atoms with van der Waals surface area (Å²) in [7, 11) is 4.00. The molecule has 0 aliphatic heterocycles. The lowest BCUT2D eigenvalue weighted by Gasteiger charge is -2.13. The van der Waals surface area contributed by atoms with Gasteiger partial charge in [0.05, 0.1) is 5.52 Å². The summed E-state index contributed by atoms with van der Waals surface area (Å²) in [6, 6.07) is 19.6. The fourth-order valence-corrected chi connectivity index (χ4v) is 2.38. The van der Waals surface area contributed by atoms with Gasteiger partial charge in [0.15, 0.2) is 0 Å². The fraction of sp³-hybridized carbons (Fsp3) is 0.158. The third-order valence-corrected chi connectivity index (χ3v) is 3.74. The van der Waals surface area contributed by atoms with Gasteiger partial charge in [-0.2, -0.15) is 0 Å². The summed E-state index contributed by atoms with van der Waals surface area (Å²) >= 11 is 0. The predicted octanol–water partition coefficient (Wildman–Crippen LogP) is 3.23. The largest absolute Gasteiger partial charge is 0.378 e. The van der Waals surface area contributed by atoms with Crippen LogP contribution in [0.3, 0.4) is 0 Å². The fourth-order valence-electron chi connectivity index (χ4n) is 2.38. The van der Waals surface area contributed by atoms with Gasteiger partial charge in [0.25, 0.3) is 5.91 Å². The van der Waals surface area contributed by atoms with Gasteiger partial charge in [0, 0.05) is 31.7 Å². The first-order valence-corrected chi connectivity index (χ1v) is 7.54. The van der Waals surface area contributed by atoms with Crippen LogP contribution >= 0.6 is 0 Å². The number of amides is 1. The number of carbonyl (C=O) groups excluding carboxylic acids is 1. The molecule has 0 fully saturated rings. The van der Waals surface area contributed by atoms with E-state index in [-0.39, 0.29) is 5.91 Å². The van der Waals surface area contributed by atoms with Crippen LogP contribution in [0.2, 0.25) is 0 Å². The zero-order valence-corrected chi connectivity index (χ0v) is 13.3. The van der Waals surface area contributed by atoms with Crippen LogP contribution in [-0.2, 0) is 6.54 Å². The third-order valence-electron chi connectivity index (χ3n) is 3.74. The number of nitrogens with one attached hydrogen (secondary N) is 1. The van der Waals surface area contributed by atoms with E-state index in [9.17, 15) is 4.79 Å². The van der Waals surface area contributed by atoms with E-state index in [1.807, 2.05) is 73.6 Å². The molecule has 0 radical (unpaired) electrons.